The van der Waals surface area contributed by atoms with Crippen molar-refractivity contribution >= 4 is 22.0 Å². The van der Waals surface area contributed by atoms with Crippen molar-refractivity contribution in [3.05, 3.63) is 0 Å². The van der Waals surface area contributed by atoms with Crippen molar-refractivity contribution in [2.24, 2.45) is 0 Å². The predicted octanol–water partition coefficient (Wildman–Crippen LogP) is 2.78. The van der Waals surface area contributed by atoms with Gasteiger partial charge in [0.25, 0.3) is 0 Å². The monoisotopic (exact) mass is 272 g/mol. The Morgan fingerprint density at radius 1 is 1.57 bits per heavy atom. The van der Waals surface area contributed by atoms with Crippen molar-refractivity contribution in [3.63, 3.8) is 0 Å². The summed E-state index contributed by atoms with van der Waals surface area (Å²) in [5.74, 6) is 0. The van der Waals surface area contributed by atoms with Gasteiger partial charge >= 0.3 is 6.09 Å². The molecule has 0 aromatic heterocycles. The lowest BCUT2D eigenvalue weighted by atomic mass is 10.1. The van der Waals surface area contributed by atoms with E-state index in [0.717, 1.165) is 0 Å². The highest BCUT2D eigenvalue weighted by atomic mass is 79.9. The number of ether oxygens (including phenoxy) is 1. The SMILES string of the molecule is [2H]C1([2H])N(C(=O)OC(C)(C)C)C([2H])([2H])C([2H])([2H])C([2H])(Br)C1([2H])[2H]. The minimum Gasteiger partial charge on any atom is -0.444 e. The van der Waals surface area contributed by atoms with E-state index in [1.165, 1.54) is 20.8 Å². The molecular weight excluding hydrogens is 246 g/mol. The topological polar surface area (TPSA) is 29.5 Å². The van der Waals surface area contributed by atoms with Crippen LogP contribution in [0.15, 0.2) is 0 Å². The Balaban J connectivity index is 3.60. The Kier molecular flexibility index (Phi) is 1.39. The van der Waals surface area contributed by atoms with Crippen molar-refractivity contribution in [2.45, 2.75) is 43.9 Å². The van der Waals surface area contributed by atoms with Gasteiger partial charge in [0.2, 0.25) is 0 Å². The Morgan fingerprint density at radius 3 is 2.50 bits per heavy atom. The third-order valence-electron chi connectivity index (χ3n) is 1.13. The summed E-state index contributed by atoms with van der Waals surface area (Å²) in [6.07, 6.45) is -8.12. The zero-order valence-corrected chi connectivity index (χ0v) is 9.73. The van der Waals surface area contributed by atoms with E-state index in [0.29, 0.717) is 0 Å². The number of hydrogen-bond donors (Lipinski definition) is 0. The van der Waals surface area contributed by atoms with Crippen LogP contribution in [0.3, 0.4) is 0 Å². The lowest BCUT2D eigenvalue weighted by Crippen LogP contribution is -2.41. The standard InChI is InChI=1S/C10H18BrNO2/c1-10(2,3)14-9(13)12-6-4-8(11)5-7-12/h8H,4-7H2,1-3H3/i4D2,5D2,6D2,7D2,8D. The molecule has 14 heavy (non-hydrogen) atoms. The fourth-order valence-corrected chi connectivity index (χ4v) is 0.845. The van der Waals surface area contributed by atoms with Crippen molar-refractivity contribution in [1.29, 1.82) is 0 Å². The van der Waals surface area contributed by atoms with Crippen LogP contribution in [0, 0.1) is 0 Å². The second-order valence-corrected chi connectivity index (χ2v) is 4.40. The largest absolute Gasteiger partial charge is 0.444 e. The molecule has 0 aliphatic carbocycles. The van der Waals surface area contributed by atoms with Crippen molar-refractivity contribution in [1.82, 2.24) is 4.90 Å². The smallest absolute Gasteiger partial charge is 0.410 e. The first-order chi connectivity index (χ1) is 9.75. The second kappa shape index (κ2) is 4.51. The molecule has 1 rings (SSSR count). The summed E-state index contributed by atoms with van der Waals surface area (Å²) in [5, 5.41) is 0. The summed E-state index contributed by atoms with van der Waals surface area (Å²) in [7, 11) is 0. The van der Waals surface area contributed by atoms with Crippen LogP contribution >= 0.6 is 15.9 Å². The molecule has 1 heterocycles. The highest BCUT2D eigenvalue weighted by Gasteiger charge is 2.25. The third-order valence-corrected chi connectivity index (χ3v) is 1.53. The minimum atomic E-state index is -3.35. The number of alkyl halides is 1. The number of carbonyl (C=O) groups excluding carboxylic acids is 1. The maximum Gasteiger partial charge on any atom is 0.410 e. The van der Waals surface area contributed by atoms with E-state index in [-0.39, 0.29) is 4.90 Å². The van der Waals surface area contributed by atoms with Crippen LogP contribution in [0.1, 0.15) is 45.9 Å². The molecule has 0 atom stereocenters. The normalized spacial score (nSPS) is 45.7. The van der Waals surface area contributed by atoms with Gasteiger partial charge in [-0.25, -0.2) is 4.79 Å². The average Bonchev–Trinajstić information content (AvgIpc) is 2.22. The molecule has 0 saturated carbocycles. The van der Waals surface area contributed by atoms with Gasteiger partial charge in [-0.05, 0) is 33.5 Å². The van der Waals surface area contributed by atoms with Crippen LogP contribution in [-0.2, 0) is 4.74 Å². The van der Waals surface area contributed by atoms with Gasteiger partial charge in [0, 0.05) is 30.1 Å². The molecule has 0 N–H and O–H groups in total. The summed E-state index contributed by atoms with van der Waals surface area (Å²) in [6.45, 7) is -2.36. The van der Waals surface area contributed by atoms with Crippen LogP contribution in [0.2, 0.25) is 0 Å². The Morgan fingerprint density at radius 2 is 2.07 bits per heavy atom. The van der Waals surface area contributed by atoms with Crippen molar-refractivity contribution in [3.8, 4) is 0 Å². The Hall–Kier alpha value is -0.250. The maximum atomic E-state index is 12.2. The molecule has 1 amide bonds. The first kappa shape index (κ1) is 4.32. The quantitative estimate of drug-likeness (QED) is 0.635. The van der Waals surface area contributed by atoms with E-state index in [9.17, 15) is 4.79 Å². The molecule has 0 spiro atoms. The Bertz CT molecular complexity index is 485. The van der Waals surface area contributed by atoms with E-state index >= 15 is 0 Å². The summed E-state index contributed by atoms with van der Waals surface area (Å²) in [4.78, 5) is 9.02. The molecule has 1 aliphatic rings. The van der Waals surface area contributed by atoms with Crippen molar-refractivity contribution < 1.29 is 21.9 Å². The number of likely N-dealkylation sites (tertiary alicyclic amines) is 1. The van der Waals surface area contributed by atoms with Crippen LogP contribution in [0.5, 0.6) is 0 Å². The maximum absolute atomic E-state index is 12.2. The van der Waals surface area contributed by atoms with Gasteiger partial charge < -0.3 is 9.64 Å². The van der Waals surface area contributed by atoms with Crippen molar-refractivity contribution in [2.75, 3.05) is 13.0 Å². The molecule has 0 bridgehead atoms. The second-order valence-electron chi connectivity index (χ2n) is 3.60. The number of amides is 1. The molecule has 0 radical (unpaired) electrons. The van der Waals surface area contributed by atoms with E-state index in [1.807, 2.05) is 0 Å². The molecule has 0 aromatic carbocycles. The molecule has 1 fully saturated rings. The van der Waals surface area contributed by atoms with Gasteiger partial charge in [0.1, 0.15) is 5.60 Å². The zero-order valence-electron chi connectivity index (χ0n) is 17.1. The molecule has 0 unspecified atom stereocenters. The highest BCUT2D eigenvalue weighted by Crippen LogP contribution is 2.19. The summed E-state index contributed by atoms with van der Waals surface area (Å²) >= 11 is 2.48. The number of piperidine rings is 1. The molecule has 1 saturated heterocycles. The number of nitrogens with zero attached hydrogens (tertiary/aromatic N) is 1. The lowest BCUT2D eigenvalue weighted by Gasteiger charge is -2.31. The van der Waals surface area contributed by atoms with Gasteiger partial charge in [0.05, 0.1) is 0 Å². The molecular formula is C10H18BrNO2. The van der Waals surface area contributed by atoms with Crippen LogP contribution < -0.4 is 0 Å². The summed E-state index contributed by atoms with van der Waals surface area (Å²) in [5.41, 5.74) is -1.13. The molecule has 3 nitrogen and oxygen atoms in total. The first-order valence-electron chi connectivity index (χ1n) is 8.47. The molecule has 4 heteroatoms. The van der Waals surface area contributed by atoms with Crippen LogP contribution in [0.4, 0.5) is 4.79 Å². The van der Waals surface area contributed by atoms with E-state index in [2.05, 4.69) is 15.9 Å². The fourth-order valence-electron chi connectivity index (χ4n) is 0.668. The van der Waals surface area contributed by atoms with Crippen LogP contribution in [-0.4, -0.2) is 34.4 Å². The van der Waals surface area contributed by atoms with Gasteiger partial charge in [-0.2, -0.15) is 0 Å². The van der Waals surface area contributed by atoms with Gasteiger partial charge in [-0.3, -0.25) is 0 Å². The predicted molar refractivity (Wildman–Crippen MR) is 59.8 cm³/mol. The van der Waals surface area contributed by atoms with Gasteiger partial charge in [0.15, 0.2) is 0 Å². The lowest BCUT2D eigenvalue weighted by molar-refractivity contribution is 0.0220. The van der Waals surface area contributed by atoms with E-state index < -0.39 is 42.2 Å². The Labute approximate surface area is 107 Å². The van der Waals surface area contributed by atoms with E-state index in [4.69, 9.17) is 17.1 Å². The minimum absolute atomic E-state index is 0.237. The summed E-state index contributed by atoms with van der Waals surface area (Å²) in [6, 6.07) is 0. The van der Waals surface area contributed by atoms with E-state index in [1.54, 1.807) is 0 Å². The number of hydrogen-bond acceptors (Lipinski definition) is 2. The van der Waals surface area contributed by atoms with Crippen LogP contribution in [0.25, 0.3) is 0 Å². The first-order valence-corrected chi connectivity index (χ1v) is 4.77. The summed E-state index contributed by atoms with van der Waals surface area (Å²) < 4.78 is 75.5. The number of carbonyl (C=O) groups is 1. The van der Waals surface area contributed by atoms with Gasteiger partial charge in [-0.1, -0.05) is 15.9 Å². The average molecular weight is 273 g/mol. The number of halogens is 1. The van der Waals surface area contributed by atoms with Gasteiger partial charge in [-0.15, -0.1) is 0 Å². The molecule has 82 valence electrons. The zero-order chi connectivity index (χ0) is 18.9. The molecule has 1 aliphatic heterocycles. The fraction of sp³-hybridized carbons (Fsp3) is 0.900. The third kappa shape index (κ3) is 3.86. The molecule has 0 aromatic rings. The number of rotatable bonds is 0. The highest BCUT2D eigenvalue weighted by molar-refractivity contribution is 9.09.